The van der Waals surface area contributed by atoms with E-state index in [0.717, 1.165) is 11.1 Å². The molecule has 0 atom stereocenters. The first-order valence-corrected chi connectivity index (χ1v) is 10.1. The molecule has 0 radical (unpaired) electrons. The summed E-state index contributed by atoms with van der Waals surface area (Å²) in [6.07, 6.45) is 3.33. The lowest BCUT2D eigenvalue weighted by atomic mass is 10.2. The van der Waals surface area contributed by atoms with Crippen LogP contribution in [0.5, 0.6) is 5.75 Å². The van der Waals surface area contributed by atoms with Crippen molar-refractivity contribution < 1.29 is 14.1 Å². The number of ether oxygens (including phenoxy) is 1. The second-order valence-electron chi connectivity index (χ2n) is 7.18. The fourth-order valence-electron chi connectivity index (χ4n) is 3.13. The van der Waals surface area contributed by atoms with Crippen LogP contribution >= 0.6 is 11.6 Å². The predicted octanol–water partition coefficient (Wildman–Crippen LogP) is 5.02. The van der Waals surface area contributed by atoms with E-state index in [1.165, 1.54) is 0 Å². The Morgan fingerprint density at radius 3 is 2.84 bits per heavy atom. The summed E-state index contributed by atoms with van der Waals surface area (Å²) in [5.41, 5.74) is 3.44. The van der Waals surface area contributed by atoms with Gasteiger partial charge in [-0.25, -0.2) is 0 Å². The zero-order valence-electron chi connectivity index (χ0n) is 17.1. The Bertz CT molecular complexity index is 1220. The number of carbonyl (C=O) groups excluding carboxylic acids is 1. The topological polar surface area (TPSA) is 82.2 Å². The first kappa shape index (κ1) is 20.7. The van der Waals surface area contributed by atoms with Crippen LogP contribution in [-0.4, -0.2) is 20.8 Å². The number of rotatable bonds is 7. The Balaban J connectivity index is 1.43. The minimum absolute atomic E-state index is 0.176. The standard InChI is InChI=1S/C23H21ClN4O3/c1-15-5-3-8-20(9-15)30-14-21-16(2)31-27-22(21)23(29)26-19-11-25-28(13-19)12-17-6-4-7-18(24)10-17/h3-11,13H,12,14H2,1-2H3,(H,26,29). The van der Waals surface area contributed by atoms with E-state index in [1.807, 2.05) is 55.5 Å². The third-order valence-electron chi connectivity index (χ3n) is 4.70. The molecule has 2 heterocycles. The molecule has 4 aromatic rings. The van der Waals surface area contributed by atoms with Gasteiger partial charge in [-0.2, -0.15) is 5.10 Å². The van der Waals surface area contributed by atoms with Crippen LogP contribution in [0.1, 0.15) is 32.9 Å². The molecule has 1 amide bonds. The van der Waals surface area contributed by atoms with E-state index in [2.05, 4.69) is 15.6 Å². The molecule has 0 spiro atoms. The second kappa shape index (κ2) is 9.06. The van der Waals surface area contributed by atoms with E-state index in [9.17, 15) is 4.79 Å². The van der Waals surface area contributed by atoms with Crippen molar-refractivity contribution in [3.8, 4) is 5.75 Å². The summed E-state index contributed by atoms with van der Waals surface area (Å²) in [5, 5.41) is 11.7. The monoisotopic (exact) mass is 436 g/mol. The third kappa shape index (κ3) is 5.13. The summed E-state index contributed by atoms with van der Waals surface area (Å²) in [6.45, 7) is 4.45. The Kier molecular flexibility index (Phi) is 6.04. The fourth-order valence-corrected chi connectivity index (χ4v) is 3.34. The molecular weight excluding hydrogens is 416 g/mol. The number of hydrogen-bond acceptors (Lipinski definition) is 5. The average molecular weight is 437 g/mol. The van der Waals surface area contributed by atoms with Crippen LogP contribution in [0.4, 0.5) is 5.69 Å². The van der Waals surface area contributed by atoms with Gasteiger partial charge in [0.05, 0.1) is 24.0 Å². The Hall–Kier alpha value is -3.58. The second-order valence-corrected chi connectivity index (χ2v) is 7.62. The molecule has 8 heteroatoms. The van der Waals surface area contributed by atoms with Gasteiger partial charge in [-0.1, -0.05) is 41.0 Å². The van der Waals surface area contributed by atoms with Gasteiger partial charge in [-0.05, 0) is 49.2 Å². The summed E-state index contributed by atoms with van der Waals surface area (Å²) >= 11 is 6.03. The number of aryl methyl sites for hydroxylation is 2. The highest BCUT2D eigenvalue weighted by molar-refractivity contribution is 6.30. The van der Waals surface area contributed by atoms with Crippen molar-refractivity contribution >= 4 is 23.2 Å². The maximum atomic E-state index is 12.8. The lowest BCUT2D eigenvalue weighted by Gasteiger charge is -2.07. The zero-order valence-corrected chi connectivity index (χ0v) is 17.9. The lowest BCUT2D eigenvalue weighted by molar-refractivity contribution is 0.101. The Labute approximate surface area is 184 Å². The van der Waals surface area contributed by atoms with Crippen molar-refractivity contribution in [1.29, 1.82) is 0 Å². The molecule has 0 aliphatic rings. The molecule has 2 aromatic heterocycles. The van der Waals surface area contributed by atoms with Crippen molar-refractivity contribution in [1.82, 2.24) is 14.9 Å². The van der Waals surface area contributed by atoms with Crippen LogP contribution in [0.2, 0.25) is 5.02 Å². The molecule has 0 unspecified atom stereocenters. The third-order valence-corrected chi connectivity index (χ3v) is 4.93. The molecule has 4 rings (SSSR count). The lowest BCUT2D eigenvalue weighted by Crippen LogP contribution is -2.15. The van der Waals surface area contributed by atoms with Gasteiger partial charge in [0.15, 0.2) is 5.69 Å². The normalized spacial score (nSPS) is 10.8. The summed E-state index contributed by atoms with van der Waals surface area (Å²) in [4.78, 5) is 12.8. The van der Waals surface area contributed by atoms with Gasteiger partial charge in [0.25, 0.3) is 5.91 Å². The summed E-state index contributed by atoms with van der Waals surface area (Å²) in [5.74, 6) is 0.866. The predicted molar refractivity (Wildman–Crippen MR) is 117 cm³/mol. The molecule has 0 fully saturated rings. The van der Waals surface area contributed by atoms with Gasteiger partial charge in [-0.3, -0.25) is 9.48 Å². The molecule has 1 N–H and O–H groups in total. The van der Waals surface area contributed by atoms with Crippen LogP contribution in [0, 0.1) is 13.8 Å². The van der Waals surface area contributed by atoms with E-state index < -0.39 is 0 Å². The van der Waals surface area contributed by atoms with Crippen LogP contribution in [-0.2, 0) is 13.2 Å². The van der Waals surface area contributed by atoms with Crippen LogP contribution in [0.15, 0.2) is 65.4 Å². The van der Waals surface area contributed by atoms with Crippen molar-refractivity contribution in [2.24, 2.45) is 0 Å². The first-order chi connectivity index (χ1) is 15.0. The Morgan fingerprint density at radius 2 is 2.03 bits per heavy atom. The molecule has 0 aliphatic heterocycles. The van der Waals surface area contributed by atoms with Crippen LogP contribution in [0.25, 0.3) is 0 Å². The molecule has 158 valence electrons. The van der Waals surface area contributed by atoms with E-state index >= 15 is 0 Å². The minimum Gasteiger partial charge on any atom is -0.489 e. The number of anilines is 1. The average Bonchev–Trinajstić information content (AvgIpc) is 3.32. The van der Waals surface area contributed by atoms with Crippen LogP contribution in [0.3, 0.4) is 0 Å². The van der Waals surface area contributed by atoms with Crippen molar-refractivity contribution in [2.45, 2.75) is 27.0 Å². The molecular formula is C23H21ClN4O3. The quantitative estimate of drug-likeness (QED) is 0.439. The van der Waals surface area contributed by atoms with E-state index in [4.69, 9.17) is 20.9 Å². The largest absolute Gasteiger partial charge is 0.489 e. The molecule has 31 heavy (non-hydrogen) atoms. The van der Waals surface area contributed by atoms with E-state index in [-0.39, 0.29) is 18.2 Å². The number of halogens is 1. The number of amides is 1. The minimum atomic E-state index is -0.387. The van der Waals surface area contributed by atoms with Gasteiger partial charge in [0.1, 0.15) is 18.1 Å². The summed E-state index contributed by atoms with van der Waals surface area (Å²) < 4.78 is 12.8. The molecule has 0 saturated heterocycles. The zero-order chi connectivity index (χ0) is 21.8. The molecule has 7 nitrogen and oxygen atoms in total. The maximum Gasteiger partial charge on any atom is 0.278 e. The van der Waals surface area contributed by atoms with Gasteiger partial charge in [-0.15, -0.1) is 0 Å². The fraction of sp³-hybridized carbons (Fsp3) is 0.174. The van der Waals surface area contributed by atoms with Crippen LogP contribution < -0.4 is 10.1 Å². The highest BCUT2D eigenvalue weighted by atomic mass is 35.5. The number of nitrogens with one attached hydrogen (secondary N) is 1. The van der Waals surface area contributed by atoms with E-state index in [0.29, 0.717) is 34.3 Å². The number of hydrogen-bond donors (Lipinski definition) is 1. The smallest absolute Gasteiger partial charge is 0.278 e. The number of aromatic nitrogens is 3. The van der Waals surface area contributed by atoms with Gasteiger partial charge < -0.3 is 14.6 Å². The molecule has 0 bridgehead atoms. The SMILES string of the molecule is Cc1cccc(OCc2c(C(=O)Nc3cnn(Cc4cccc(Cl)c4)c3)noc2C)c1. The van der Waals surface area contributed by atoms with Crippen molar-refractivity contribution in [3.63, 3.8) is 0 Å². The highest BCUT2D eigenvalue weighted by Gasteiger charge is 2.21. The number of nitrogens with zero attached hydrogens (tertiary/aromatic N) is 3. The van der Waals surface area contributed by atoms with Gasteiger partial charge in [0, 0.05) is 11.2 Å². The van der Waals surface area contributed by atoms with Gasteiger partial charge >= 0.3 is 0 Å². The van der Waals surface area contributed by atoms with Crippen molar-refractivity contribution in [3.05, 3.63) is 94.1 Å². The van der Waals surface area contributed by atoms with Crippen molar-refractivity contribution in [2.75, 3.05) is 5.32 Å². The first-order valence-electron chi connectivity index (χ1n) is 9.71. The Morgan fingerprint density at radius 1 is 1.19 bits per heavy atom. The summed E-state index contributed by atoms with van der Waals surface area (Å²) in [7, 11) is 0. The summed E-state index contributed by atoms with van der Waals surface area (Å²) in [6, 6.07) is 15.2. The molecule has 0 aliphatic carbocycles. The number of carbonyl (C=O) groups is 1. The number of benzene rings is 2. The molecule has 0 saturated carbocycles. The van der Waals surface area contributed by atoms with E-state index in [1.54, 1.807) is 24.0 Å². The highest BCUT2D eigenvalue weighted by Crippen LogP contribution is 2.20. The molecule has 2 aromatic carbocycles. The maximum absolute atomic E-state index is 12.8. The van der Waals surface area contributed by atoms with Gasteiger partial charge in [0.2, 0.25) is 0 Å².